The summed E-state index contributed by atoms with van der Waals surface area (Å²) >= 11 is 1.40. The van der Waals surface area contributed by atoms with Gasteiger partial charge in [0, 0.05) is 17.8 Å². The van der Waals surface area contributed by atoms with Crippen molar-refractivity contribution < 1.29 is 14.7 Å². The maximum absolute atomic E-state index is 11.8. The van der Waals surface area contributed by atoms with Gasteiger partial charge in [0.2, 0.25) is 0 Å². The third kappa shape index (κ3) is 5.00. The summed E-state index contributed by atoms with van der Waals surface area (Å²) < 4.78 is 0. The number of amides is 2. The lowest BCUT2D eigenvalue weighted by Crippen LogP contribution is -2.36. The molecule has 1 aliphatic carbocycles. The summed E-state index contributed by atoms with van der Waals surface area (Å²) in [6, 6.07) is -0.401. The maximum Gasteiger partial charge on any atom is 0.321 e. The number of aliphatic carboxylic acids is 1. The van der Waals surface area contributed by atoms with Gasteiger partial charge in [-0.2, -0.15) is 0 Å². The lowest BCUT2D eigenvalue weighted by Gasteiger charge is -2.15. The number of hydrogen-bond acceptors (Lipinski definition) is 4. The van der Waals surface area contributed by atoms with E-state index in [4.69, 9.17) is 5.11 Å². The summed E-state index contributed by atoms with van der Waals surface area (Å²) in [4.78, 5) is 27.2. The lowest BCUT2D eigenvalue weighted by atomic mass is 9.97. The van der Waals surface area contributed by atoms with Crippen LogP contribution in [0.15, 0.2) is 5.38 Å². The van der Waals surface area contributed by atoms with Crippen molar-refractivity contribution in [2.45, 2.75) is 39.0 Å². The third-order valence-electron chi connectivity index (χ3n) is 3.35. The Labute approximate surface area is 128 Å². The minimum atomic E-state index is -0.880. The van der Waals surface area contributed by atoms with Gasteiger partial charge in [0.25, 0.3) is 0 Å². The van der Waals surface area contributed by atoms with Gasteiger partial charge in [-0.15, -0.1) is 11.3 Å². The fourth-order valence-corrected chi connectivity index (χ4v) is 2.90. The molecule has 3 N–H and O–H groups in total. The summed E-state index contributed by atoms with van der Waals surface area (Å²) in [5, 5.41) is 16.9. The van der Waals surface area contributed by atoms with Crippen LogP contribution >= 0.6 is 11.3 Å². The van der Waals surface area contributed by atoms with E-state index in [1.807, 2.05) is 19.2 Å². The average Bonchev–Trinajstić information content (AvgIpc) is 3.15. The monoisotopic (exact) mass is 311 g/mol. The molecule has 2 rings (SSSR count). The first kappa shape index (κ1) is 15.8. The molecule has 1 heterocycles. The molecule has 1 unspecified atom stereocenters. The number of nitrogens with zero attached hydrogens (tertiary/aromatic N) is 1. The van der Waals surface area contributed by atoms with Crippen LogP contribution < -0.4 is 10.6 Å². The van der Waals surface area contributed by atoms with E-state index < -0.39 is 17.9 Å². The molecule has 21 heavy (non-hydrogen) atoms. The minimum absolute atomic E-state index is 0.125. The van der Waals surface area contributed by atoms with E-state index >= 15 is 0 Å². The van der Waals surface area contributed by atoms with Crippen molar-refractivity contribution in [1.29, 1.82) is 0 Å². The SMILES string of the molecule is CC(C)CC(CNC(=O)Nc1nc(C2CC2)cs1)C(=O)O. The van der Waals surface area contributed by atoms with E-state index in [1.165, 1.54) is 24.2 Å². The number of aromatic nitrogens is 1. The first-order valence-electron chi connectivity index (χ1n) is 7.18. The second-order valence-electron chi connectivity index (χ2n) is 5.85. The Kier molecular flexibility index (Phi) is 5.17. The Morgan fingerprint density at radius 2 is 2.19 bits per heavy atom. The molecule has 2 amide bonds. The molecule has 0 radical (unpaired) electrons. The second kappa shape index (κ2) is 6.89. The maximum atomic E-state index is 11.8. The zero-order chi connectivity index (χ0) is 15.4. The number of nitrogens with one attached hydrogen (secondary N) is 2. The molecule has 116 valence electrons. The van der Waals surface area contributed by atoms with Crippen molar-refractivity contribution in [2.24, 2.45) is 11.8 Å². The van der Waals surface area contributed by atoms with Crippen LogP contribution in [0.25, 0.3) is 0 Å². The Morgan fingerprint density at radius 1 is 1.48 bits per heavy atom. The second-order valence-corrected chi connectivity index (χ2v) is 6.71. The molecule has 0 aliphatic heterocycles. The number of thiazole rings is 1. The number of anilines is 1. The van der Waals surface area contributed by atoms with Crippen LogP contribution in [0.3, 0.4) is 0 Å². The van der Waals surface area contributed by atoms with E-state index in [9.17, 15) is 9.59 Å². The molecule has 0 aromatic carbocycles. The summed E-state index contributed by atoms with van der Waals surface area (Å²) in [5.41, 5.74) is 1.04. The molecule has 1 aromatic heterocycles. The van der Waals surface area contributed by atoms with Crippen LogP contribution in [0.2, 0.25) is 0 Å². The standard InChI is InChI=1S/C14H21N3O3S/c1-8(2)5-10(12(18)19)6-15-13(20)17-14-16-11(7-21-14)9-3-4-9/h7-10H,3-6H2,1-2H3,(H,18,19)(H2,15,16,17,20). The summed E-state index contributed by atoms with van der Waals surface area (Å²) in [6.07, 6.45) is 2.88. The highest BCUT2D eigenvalue weighted by molar-refractivity contribution is 7.13. The van der Waals surface area contributed by atoms with Gasteiger partial charge >= 0.3 is 12.0 Å². The van der Waals surface area contributed by atoms with Crippen molar-refractivity contribution in [3.8, 4) is 0 Å². The normalized spacial score (nSPS) is 15.8. The molecule has 1 aromatic rings. The van der Waals surface area contributed by atoms with Crippen LogP contribution in [0.5, 0.6) is 0 Å². The predicted molar refractivity (Wildman–Crippen MR) is 81.7 cm³/mol. The number of carboxylic acids is 1. The largest absolute Gasteiger partial charge is 0.481 e. The number of carboxylic acid groups (broad SMARTS) is 1. The van der Waals surface area contributed by atoms with Gasteiger partial charge in [-0.1, -0.05) is 13.8 Å². The first-order chi connectivity index (χ1) is 9.95. The Balaban J connectivity index is 1.78. The highest BCUT2D eigenvalue weighted by Gasteiger charge is 2.26. The smallest absolute Gasteiger partial charge is 0.321 e. The van der Waals surface area contributed by atoms with Crippen LogP contribution in [-0.2, 0) is 4.79 Å². The number of carbonyl (C=O) groups is 2. The Morgan fingerprint density at radius 3 is 2.76 bits per heavy atom. The zero-order valence-electron chi connectivity index (χ0n) is 12.3. The molecule has 0 bridgehead atoms. The van der Waals surface area contributed by atoms with Gasteiger partial charge in [0.05, 0.1) is 11.6 Å². The van der Waals surface area contributed by atoms with E-state index in [0.29, 0.717) is 17.5 Å². The first-order valence-corrected chi connectivity index (χ1v) is 8.06. The Hall–Kier alpha value is -1.63. The Bertz CT molecular complexity index is 511. The van der Waals surface area contributed by atoms with E-state index in [0.717, 1.165) is 5.69 Å². The number of carbonyl (C=O) groups excluding carboxylic acids is 1. The van der Waals surface area contributed by atoms with E-state index in [1.54, 1.807) is 0 Å². The zero-order valence-corrected chi connectivity index (χ0v) is 13.1. The van der Waals surface area contributed by atoms with Crippen molar-refractivity contribution >= 4 is 28.5 Å². The van der Waals surface area contributed by atoms with Crippen LogP contribution in [0.1, 0.15) is 44.7 Å². The number of urea groups is 1. The van der Waals surface area contributed by atoms with Gasteiger partial charge < -0.3 is 10.4 Å². The molecule has 0 saturated heterocycles. The quantitative estimate of drug-likeness (QED) is 0.722. The fraction of sp³-hybridized carbons (Fsp3) is 0.643. The van der Waals surface area contributed by atoms with Crippen molar-refractivity contribution in [3.05, 3.63) is 11.1 Å². The number of hydrogen-bond donors (Lipinski definition) is 3. The summed E-state index contributed by atoms with van der Waals surface area (Å²) in [5.74, 6) is -0.610. The lowest BCUT2D eigenvalue weighted by molar-refractivity contribution is -0.142. The number of rotatable bonds is 7. The molecule has 6 nitrogen and oxygen atoms in total. The highest BCUT2D eigenvalue weighted by atomic mass is 32.1. The van der Waals surface area contributed by atoms with Gasteiger partial charge in [-0.25, -0.2) is 9.78 Å². The van der Waals surface area contributed by atoms with Gasteiger partial charge in [-0.05, 0) is 25.2 Å². The van der Waals surface area contributed by atoms with Crippen molar-refractivity contribution in [1.82, 2.24) is 10.3 Å². The van der Waals surface area contributed by atoms with Crippen LogP contribution in [0, 0.1) is 11.8 Å². The molecule has 0 spiro atoms. The van der Waals surface area contributed by atoms with Crippen LogP contribution in [0.4, 0.5) is 9.93 Å². The molecular weight excluding hydrogens is 290 g/mol. The van der Waals surface area contributed by atoms with E-state index in [2.05, 4.69) is 15.6 Å². The predicted octanol–water partition coefficient (Wildman–Crippen LogP) is 2.89. The fourth-order valence-electron chi connectivity index (χ4n) is 2.11. The van der Waals surface area contributed by atoms with Crippen molar-refractivity contribution in [3.63, 3.8) is 0 Å². The summed E-state index contributed by atoms with van der Waals surface area (Å²) in [6.45, 7) is 4.05. The molecule has 1 fully saturated rings. The van der Waals surface area contributed by atoms with Gasteiger partial charge in [0.1, 0.15) is 0 Å². The topological polar surface area (TPSA) is 91.3 Å². The highest BCUT2D eigenvalue weighted by Crippen LogP contribution is 2.40. The average molecular weight is 311 g/mol. The summed E-state index contributed by atoms with van der Waals surface area (Å²) in [7, 11) is 0. The van der Waals surface area contributed by atoms with Crippen LogP contribution in [-0.4, -0.2) is 28.6 Å². The molecular formula is C14H21N3O3S. The van der Waals surface area contributed by atoms with Gasteiger partial charge in [0.15, 0.2) is 5.13 Å². The molecule has 1 atom stereocenters. The molecule has 1 aliphatic rings. The molecule has 1 saturated carbocycles. The van der Waals surface area contributed by atoms with E-state index in [-0.39, 0.29) is 12.5 Å². The van der Waals surface area contributed by atoms with Gasteiger partial charge in [-0.3, -0.25) is 10.1 Å². The van der Waals surface area contributed by atoms with Crippen molar-refractivity contribution in [2.75, 3.05) is 11.9 Å². The minimum Gasteiger partial charge on any atom is -0.481 e. The molecule has 7 heteroatoms. The third-order valence-corrected chi connectivity index (χ3v) is 4.13.